The van der Waals surface area contributed by atoms with Gasteiger partial charge in [-0.05, 0) is 49.3 Å². The van der Waals surface area contributed by atoms with E-state index in [2.05, 4.69) is 6.92 Å². The fourth-order valence-electron chi connectivity index (χ4n) is 2.32. The fourth-order valence-corrected chi connectivity index (χ4v) is 3.16. The number of hydrogen-bond donors (Lipinski definition) is 1. The van der Waals surface area contributed by atoms with Gasteiger partial charge in [0, 0.05) is 18.7 Å². The van der Waals surface area contributed by atoms with E-state index in [0.29, 0.717) is 10.4 Å². The number of aliphatic carboxylic acids is 1. The number of carboxylic acids is 1. The molecule has 19 heavy (non-hydrogen) atoms. The predicted octanol–water partition coefficient (Wildman–Crippen LogP) is 2.86. The molecule has 0 radical (unpaired) electrons. The van der Waals surface area contributed by atoms with Crippen LogP contribution >= 0.6 is 11.3 Å². The van der Waals surface area contributed by atoms with Crippen molar-refractivity contribution in [3.63, 3.8) is 0 Å². The molecule has 1 aliphatic heterocycles. The highest BCUT2D eigenvalue weighted by molar-refractivity contribution is 7.12. The van der Waals surface area contributed by atoms with E-state index in [0.717, 1.165) is 25.5 Å². The third kappa shape index (κ3) is 3.23. The second-order valence-electron chi connectivity index (χ2n) is 4.72. The minimum absolute atomic E-state index is 0.0206. The van der Waals surface area contributed by atoms with Crippen molar-refractivity contribution in [2.45, 2.75) is 32.2 Å². The van der Waals surface area contributed by atoms with Crippen LogP contribution in [0.5, 0.6) is 0 Å². The maximum absolute atomic E-state index is 12.5. The molecular formula is C14H17NO3S. The highest BCUT2D eigenvalue weighted by Crippen LogP contribution is 2.25. The van der Waals surface area contributed by atoms with Gasteiger partial charge in [0.2, 0.25) is 0 Å². The summed E-state index contributed by atoms with van der Waals surface area (Å²) in [7, 11) is 0. The third-order valence-electron chi connectivity index (χ3n) is 3.36. The second kappa shape index (κ2) is 6.02. The minimum atomic E-state index is -1.00. The Morgan fingerprint density at radius 1 is 1.47 bits per heavy atom. The second-order valence-corrected chi connectivity index (χ2v) is 5.64. The molecule has 0 aliphatic carbocycles. The van der Waals surface area contributed by atoms with Gasteiger partial charge in [0.1, 0.15) is 0 Å². The highest BCUT2D eigenvalue weighted by Gasteiger charge is 2.26. The number of rotatable bonds is 3. The van der Waals surface area contributed by atoms with E-state index in [4.69, 9.17) is 5.11 Å². The van der Waals surface area contributed by atoms with Crippen LogP contribution in [0.25, 0.3) is 6.08 Å². The zero-order chi connectivity index (χ0) is 13.8. The van der Waals surface area contributed by atoms with E-state index in [1.54, 1.807) is 6.07 Å². The largest absolute Gasteiger partial charge is 0.478 e. The number of carbonyl (C=O) groups excluding carboxylic acids is 1. The monoisotopic (exact) mass is 279 g/mol. The molecule has 2 rings (SSSR count). The van der Waals surface area contributed by atoms with Crippen molar-refractivity contribution < 1.29 is 14.7 Å². The van der Waals surface area contributed by atoms with Gasteiger partial charge in [-0.2, -0.15) is 0 Å². The molecule has 2 heterocycles. The summed E-state index contributed by atoms with van der Waals surface area (Å²) >= 11 is 1.37. The Bertz CT molecular complexity index is 507. The van der Waals surface area contributed by atoms with Gasteiger partial charge in [-0.1, -0.05) is 0 Å². The van der Waals surface area contributed by atoms with E-state index < -0.39 is 5.97 Å². The SMILES string of the molecule is CC1CCCCN1C(=O)c1sccc1/C=C/C(=O)O. The van der Waals surface area contributed by atoms with Gasteiger partial charge < -0.3 is 10.0 Å². The van der Waals surface area contributed by atoms with Crippen LogP contribution in [-0.4, -0.2) is 34.5 Å². The van der Waals surface area contributed by atoms with E-state index in [1.807, 2.05) is 10.3 Å². The van der Waals surface area contributed by atoms with Gasteiger partial charge in [0.25, 0.3) is 5.91 Å². The molecule has 102 valence electrons. The van der Waals surface area contributed by atoms with Crippen LogP contribution in [0.1, 0.15) is 41.4 Å². The number of carbonyl (C=O) groups is 2. The Morgan fingerprint density at radius 3 is 2.95 bits per heavy atom. The van der Waals surface area contributed by atoms with Crippen LogP contribution in [0.2, 0.25) is 0 Å². The lowest BCUT2D eigenvalue weighted by molar-refractivity contribution is -0.131. The molecule has 1 aromatic rings. The molecule has 1 aromatic heterocycles. The summed E-state index contributed by atoms with van der Waals surface area (Å²) < 4.78 is 0. The topological polar surface area (TPSA) is 57.6 Å². The zero-order valence-electron chi connectivity index (χ0n) is 10.8. The molecule has 0 saturated carbocycles. The Morgan fingerprint density at radius 2 is 2.26 bits per heavy atom. The quantitative estimate of drug-likeness (QED) is 0.866. The minimum Gasteiger partial charge on any atom is -0.478 e. The van der Waals surface area contributed by atoms with Gasteiger partial charge in [-0.15, -0.1) is 11.3 Å². The number of hydrogen-bond acceptors (Lipinski definition) is 3. The van der Waals surface area contributed by atoms with Gasteiger partial charge in [0.15, 0.2) is 0 Å². The number of thiophene rings is 1. The van der Waals surface area contributed by atoms with Crippen molar-refractivity contribution >= 4 is 29.3 Å². The average Bonchev–Trinajstić information content (AvgIpc) is 2.84. The summed E-state index contributed by atoms with van der Waals surface area (Å²) in [4.78, 5) is 25.6. The van der Waals surface area contributed by atoms with Crippen molar-refractivity contribution in [2.75, 3.05) is 6.54 Å². The Balaban J connectivity index is 2.19. The highest BCUT2D eigenvalue weighted by atomic mass is 32.1. The number of carboxylic acid groups (broad SMARTS) is 1. The Labute approximate surface area is 116 Å². The molecule has 1 unspecified atom stereocenters. The van der Waals surface area contributed by atoms with Crippen molar-refractivity contribution in [1.82, 2.24) is 4.90 Å². The molecule has 1 aliphatic rings. The van der Waals surface area contributed by atoms with E-state index in [-0.39, 0.29) is 11.9 Å². The summed E-state index contributed by atoms with van der Waals surface area (Å²) in [5.41, 5.74) is 0.690. The van der Waals surface area contributed by atoms with Crippen molar-refractivity contribution in [2.24, 2.45) is 0 Å². The molecular weight excluding hydrogens is 262 g/mol. The van der Waals surface area contributed by atoms with Crippen LogP contribution in [0.3, 0.4) is 0 Å². The van der Waals surface area contributed by atoms with Gasteiger partial charge in [-0.3, -0.25) is 4.79 Å². The zero-order valence-corrected chi connectivity index (χ0v) is 11.7. The molecule has 4 nitrogen and oxygen atoms in total. The Hall–Kier alpha value is -1.62. The van der Waals surface area contributed by atoms with Crippen LogP contribution in [0.4, 0.5) is 0 Å². The van der Waals surface area contributed by atoms with E-state index in [9.17, 15) is 9.59 Å². The first-order valence-electron chi connectivity index (χ1n) is 6.39. The molecule has 1 amide bonds. The molecule has 1 saturated heterocycles. The average molecular weight is 279 g/mol. The van der Waals surface area contributed by atoms with Gasteiger partial charge >= 0.3 is 5.97 Å². The molecule has 0 bridgehead atoms. The summed E-state index contributed by atoms with van der Waals surface area (Å²) in [6.07, 6.45) is 5.81. The van der Waals surface area contributed by atoms with Crippen LogP contribution in [0, 0.1) is 0 Å². The van der Waals surface area contributed by atoms with Crippen molar-refractivity contribution in [1.29, 1.82) is 0 Å². The lowest BCUT2D eigenvalue weighted by Gasteiger charge is -2.33. The summed E-state index contributed by atoms with van der Waals surface area (Å²) in [6, 6.07) is 2.05. The lowest BCUT2D eigenvalue weighted by atomic mass is 10.0. The summed E-state index contributed by atoms with van der Waals surface area (Å²) in [5.74, 6) is -0.983. The van der Waals surface area contributed by atoms with Crippen molar-refractivity contribution in [3.05, 3.63) is 28.0 Å². The molecule has 0 spiro atoms. The molecule has 0 aromatic carbocycles. The molecule has 1 atom stereocenters. The molecule has 1 N–H and O–H groups in total. The maximum atomic E-state index is 12.5. The van der Waals surface area contributed by atoms with Gasteiger partial charge in [0.05, 0.1) is 4.88 Å². The normalized spacial score (nSPS) is 19.8. The van der Waals surface area contributed by atoms with E-state index >= 15 is 0 Å². The van der Waals surface area contributed by atoms with Crippen LogP contribution < -0.4 is 0 Å². The lowest BCUT2D eigenvalue weighted by Crippen LogP contribution is -2.41. The number of amides is 1. The first-order chi connectivity index (χ1) is 9.09. The first-order valence-corrected chi connectivity index (χ1v) is 7.27. The third-order valence-corrected chi connectivity index (χ3v) is 4.28. The Kier molecular flexibility index (Phi) is 4.37. The predicted molar refractivity (Wildman–Crippen MR) is 75.3 cm³/mol. The standard InChI is InChI=1S/C14H17NO3S/c1-10-4-2-3-8-15(10)14(18)13-11(7-9-19-13)5-6-12(16)17/h5-7,9-10H,2-4,8H2,1H3,(H,16,17)/b6-5+. The van der Waals surface area contributed by atoms with Crippen molar-refractivity contribution in [3.8, 4) is 0 Å². The molecule has 1 fully saturated rings. The summed E-state index contributed by atoms with van der Waals surface area (Å²) in [6.45, 7) is 2.86. The smallest absolute Gasteiger partial charge is 0.328 e. The first kappa shape index (κ1) is 13.8. The van der Waals surface area contributed by atoms with Gasteiger partial charge in [-0.25, -0.2) is 4.79 Å². The molecule has 5 heteroatoms. The number of nitrogens with zero attached hydrogens (tertiary/aromatic N) is 1. The summed E-state index contributed by atoms with van der Waals surface area (Å²) in [5, 5.41) is 10.5. The fraction of sp³-hybridized carbons (Fsp3) is 0.429. The number of piperidine rings is 1. The number of likely N-dealkylation sites (tertiary alicyclic amines) is 1. The van der Waals surface area contributed by atoms with Crippen LogP contribution in [-0.2, 0) is 4.79 Å². The maximum Gasteiger partial charge on any atom is 0.328 e. The van der Waals surface area contributed by atoms with Crippen LogP contribution in [0.15, 0.2) is 17.5 Å². The van der Waals surface area contributed by atoms with E-state index in [1.165, 1.54) is 23.8 Å².